The van der Waals surface area contributed by atoms with Crippen LogP contribution in [0.1, 0.15) is 27.6 Å². The van der Waals surface area contributed by atoms with Crippen molar-refractivity contribution in [3.8, 4) is 0 Å². The number of thiazole rings is 1. The summed E-state index contributed by atoms with van der Waals surface area (Å²) in [5.41, 5.74) is 0.591. The van der Waals surface area contributed by atoms with Crippen LogP contribution in [-0.4, -0.2) is 64.5 Å². The normalized spacial score (nSPS) is 14.0. The van der Waals surface area contributed by atoms with E-state index in [1.54, 1.807) is 18.0 Å². The molecule has 4 rings (SSSR count). The molecule has 0 bridgehead atoms. The molecule has 0 saturated carbocycles. The van der Waals surface area contributed by atoms with E-state index >= 15 is 0 Å². The van der Waals surface area contributed by atoms with Crippen molar-refractivity contribution in [3.63, 3.8) is 0 Å². The van der Waals surface area contributed by atoms with E-state index in [9.17, 15) is 19.7 Å². The van der Waals surface area contributed by atoms with Crippen molar-refractivity contribution in [2.75, 3.05) is 37.7 Å². The fraction of sp³-hybridized carbons (Fsp3) is 0.300. The molecular weight excluding hydrogens is 422 g/mol. The summed E-state index contributed by atoms with van der Waals surface area (Å²) in [6.45, 7) is 3.78. The molecule has 1 aliphatic rings. The first-order valence-corrected chi connectivity index (χ1v) is 10.5. The topological polar surface area (TPSA) is 119 Å². The highest BCUT2D eigenvalue weighted by atomic mass is 32.1. The number of hydrogen-bond donors (Lipinski definition) is 0. The molecule has 1 fully saturated rings. The lowest BCUT2D eigenvalue weighted by Gasteiger charge is -2.34. The molecule has 1 saturated heterocycles. The molecule has 0 radical (unpaired) electrons. The molecule has 0 atom stereocenters. The number of hydrogen-bond acceptors (Lipinski definition) is 9. The molecular formula is C20H19N5O5S. The first kappa shape index (κ1) is 20.7. The number of benzene rings is 1. The van der Waals surface area contributed by atoms with Crippen LogP contribution in [0.4, 0.5) is 10.8 Å². The highest BCUT2D eigenvalue weighted by molar-refractivity contribution is 7.21. The summed E-state index contributed by atoms with van der Waals surface area (Å²) in [6, 6.07) is 7.40. The maximum atomic E-state index is 13.0. The average Bonchev–Trinajstić information content (AvgIpc) is 3.23. The van der Waals surface area contributed by atoms with Crippen LogP contribution in [0, 0.1) is 10.1 Å². The van der Waals surface area contributed by atoms with E-state index in [4.69, 9.17) is 4.74 Å². The third-order valence-corrected chi connectivity index (χ3v) is 5.92. The molecule has 2 aromatic heterocycles. The average molecular weight is 441 g/mol. The number of esters is 1. The zero-order chi connectivity index (χ0) is 22.0. The molecule has 3 aromatic rings. The number of nitrogens with zero attached hydrogens (tertiary/aromatic N) is 5. The number of pyridine rings is 1. The maximum absolute atomic E-state index is 13.0. The van der Waals surface area contributed by atoms with Gasteiger partial charge in [0.15, 0.2) is 5.13 Å². The lowest BCUT2D eigenvalue weighted by Crippen LogP contribution is -2.48. The van der Waals surface area contributed by atoms with Crippen LogP contribution in [0.3, 0.4) is 0 Å². The smallest absolute Gasteiger partial charge is 0.338 e. The zero-order valence-electron chi connectivity index (χ0n) is 16.7. The van der Waals surface area contributed by atoms with Gasteiger partial charge in [0.25, 0.3) is 11.6 Å². The number of nitro benzene ring substituents is 1. The molecule has 10 nitrogen and oxygen atoms in total. The number of nitro groups is 1. The molecule has 160 valence electrons. The molecule has 0 N–H and O–H groups in total. The van der Waals surface area contributed by atoms with Crippen LogP contribution in [0.5, 0.6) is 0 Å². The van der Waals surface area contributed by atoms with Crippen molar-refractivity contribution in [3.05, 3.63) is 57.8 Å². The van der Waals surface area contributed by atoms with E-state index in [-0.39, 0.29) is 29.3 Å². The van der Waals surface area contributed by atoms with Gasteiger partial charge in [-0.25, -0.2) is 14.8 Å². The summed E-state index contributed by atoms with van der Waals surface area (Å²) in [6.07, 6.45) is 1.73. The summed E-state index contributed by atoms with van der Waals surface area (Å²) in [7, 11) is 0. The Balaban J connectivity index is 1.50. The van der Waals surface area contributed by atoms with Crippen LogP contribution in [0.2, 0.25) is 0 Å². The Hall–Kier alpha value is -3.60. The van der Waals surface area contributed by atoms with E-state index in [1.807, 2.05) is 12.1 Å². The second-order valence-electron chi connectivity index (χ2n) is 6.85. The molecule has 0 aliphatic carbocycles. The maximum Gasteiger partial charge on any atom is 0.338 e. The van der Waals surface area contributed by atoms with Crippen molar-refractivity contribution < 1.29 is 19.2 Å². The molecule has 1 aromatic carbocycles. The third-order valence-electron chi connectivity index (χ3n) is 4.88. The number of piperazine rings is 1. The predicted octanol–water partition coefficient (Wildman–Crippen LogP) is 2.74. The monoisotopic (exact) mass is 441 g/mol. The number of aromatic nitrogens is 2. The number of non-ortho nitro benzene ring substituents is 1. The minimum absolute atomic E-state index is 0.0139. The highest BCUT2D eigenvalue weighted by Gasteiger charge is 2.26. The third kappa shape index (κ3) is 4.31. The molecule has 0 spiro atoms. The Morgan fingerprint density at radius 3 is 2.61 bits per heavy atom. The lowest BCUT2D eigenvalue weighted by molar-refractivity contribution is -0.384. The number of carbonyl (C=O) groups excluding carboxylic acids is 2. The van der Waals surface area contributed by atoms with Crippen molar-refractivity contribution in [2.24, 2.45) is 0 Å². The number of rotatable bonds is 5. The molecule has 11 heteroatoms. The highest BCUT2D eigenvalue weighted by Crippen LogP contribution is 2.28. The van der Waals surface area contributed by atoms with Crippen LogP contribution in [0.15, 0.2) is 36.5 Å². The van der Waals surface area contributed by atoms with Gasteiger partial charge in [-0.05, 0) is 25.1 Å². The number of carbonyl (C=O) groups is 2. The Morgan fingerprint density at radius 2 is 1.94 bits per heavy atom. The first-order valence-electron chi connectivity index (χ1n) is 9.68. The molecule has 0 unspecified atom stereocenters. The van der Waals surface area contributed by atoms with Gasteiger partial charge < -0.3 is 14.5 Å². The first-order chi connectivity index (χ1) is 15.0. The Bertz CT molecular complexity index is 1120. The van der Waals surface area contributed by atoms with Gasteiger partial charge in [0.1, 0.15) is 10.3 Å². The van der Waals surface area contributed by atoms with Crippen LogP contribution in [0.25, 0.3) is 10.3 Å². The largest absolute Gasteiger partial charge is 0.462 e. The van der Waals surface area contributed by atoms with E-state index in [0.717, 1.165) is 21.5 Å². The minimum atomic E-state index is -0.700. The van der Waals surface area contributed by atoms with Crippen LogP contribution in [-0.2, 0) is 4.74 Å². The van der Waals surface area contributed by atoms with Gasteiger partial charge in [-0.15, -0.1) is 0 Å². The fourth-order valence-corrected chi connectivity index (χ4v) is 4.31. The SMILES string of the molecule is CCOC(=O)c1cc(C(=O)N2CCN(c3nc4cccnc4s3)CC2)cc([N+](=O)[O-])c1. The van der Waals surface area contributed by atoms with Crippen LogP contribution < -0.4 is 4.90 Å². The standard InChI is InChI=1S/C20H19N5O5S/c1-2-30-19(27)14-10-13(11-15(12-14)25(28)29)18(26)23-6-8-24(9-7-23)20-22-16-4-3-5-21-17(16)31-20/h3-5,10-12H,2,6-9H2,1H3. The Labute approximate surface area is 181 Å². The van der Waals surface area contributed by atoms with Gasteiger partial charge in [-0.1, -0.05) is 11.3 Å². The molecule has 1 amide bonds. The van der Waals surface area contributed by atoms with Gasteiger partial charge in [-0.3, -0.25) is 14.9 Å². The van der Waals surface area contributed by atoms with Gasteiger partial charge in [0, 0.05) is 50.1 Å². The van der Waals surface area contributed by atoms with E-state index in [1.165, 1.54) is 23.5 Å². The summed E-state index contributed by atoms with van der Waals surface area (Å²) in [5, 5.41) is 12.1. The Kier molecular flexibility index (Phi) is 5.76. The van der Waals surface area contributed by atoms with Crippen molar-refractivity contribution in [1.82, 2.24) is 14.9 Å². The number of amides is 1. The van der Waals surface area contributed by atoms with Gasteiger partial charge in [0.05, 0.1) is 17.1 Å². The van der Waals surface area contributed by atoms with Gasteiger partial charge in [0.2, 0.25) is 0 Å². The second kappa shape index (κ2) is 8.64. The summed E-state index contributed by atoms with van der Waals surface area (Å²) in [4.78, 5) is 49.2. The van der Waals surface area contributed by atoms with Gasteiger partial charge in [-0.2, -0.15) is 0 Å². The number of fused-ring (bicyclic) bond motifs is 1. The van der Waals surface area contributed by atoms with Crippen molar-refractivity contribution in [1.29, 1.82) is 0 Å². The Morgan fingerprint density at radius 1 is 1.19 bits per heavy atom. The summed E-state index contributed by atoms with van der Waals surface area (Å²) < 4.78 is 4.93. The van der Waals surface area contributed by atoms with Crippen molar-refractivity contribution >= 4 is 44.4 Å². The fourth-order valence-electron chi connectivity index (χ4n) is 3.35. The van der Waals surface area contributed by atoms with Crippen molar-refractivity contribution in [2.45, 2.75) is 6.92 Å². The summed E-state index contributed by atoms with van der Waals surface area (Å²) >= 11 is 1.50. The van der Waals surface area contributed by atoms with Gasteiger partial charge >= 0.3 is 5.97 Å². The second-order valence-corrected chi connectivity index (χ2v) is 7.81. The predicted molar refractivity (Wildman–Crippen MR) is 115 cm³/mol. The van der Waals surface area contributed by atoms with E-state index < -0.39 is 10.9 Å². The summed E-state index contributed by atoms with van der Waals surface area (Å²) in [5.74, 6) is -1.06. The number of anilines is 1. The molecule has 3 heterocycles. The molecule has 1 aliphatic heterocycles. The molecule has 31 heavy (non-hydrogen) atoms. The van der Waals surface area contributed by atoms with E-state index in [0.29, 0.717) is 26.2 Å². The number of ether oxygens (including phenoxy) is 1. The lowest BCUT2D eigenvalue weighted by atomic mass is 10.1. The van der Waals surface area contributed by atoms with E-state index in [2.05, 4.69) is 14.9 Å². The minimum Gasteiger partial charge on any atom is -0.462 e. The zero-order valence-corrected chi connectivity index (χ0v) is 17.5. The quantitative estimate of drug-likeness (QED) is 0.337. The van der Waals surface area contributed by atoms with Crippen LogP contribution >= 0.6 is 11.3 Å².